The number of para-hydroxylation sites is 1. The van der Waals surface area contributed by atoms with E-state index in [2.05, 4.69) is 22.3 Å². The zero-order chi connectivity index (χ0) is 20.2. The highest BCUT2D eigenvalue weighted by molar-refractivity contribution is 6.30. The predicted octanol–water partition coefficient (Wildman–Crippen LogP) is 3.47. The second-order valence-electron chi connectivity index (χ2n) is 7.93. The normalized spacial score (nSPS) is 20.8. The Morgan fingerprint density at radius 1 is 1.03 bits per heavy atom. The summed E-state index contributed by atoms with van der Waals surface area (Å²) < 4.78 is 0. The third-order valence-corrected chi connectivity index (χ3v) is 6.07. The van der Waals surface area contributed by atoms with Crippen LogP contribution in [0.4, 0.5) is 5.69 Å². The highest BCUT2D eigenvalue weighted by Crippen LogP contribution is 2.25. The lowest BCUT2D eigenvalue weighted by atomic mass is 10.0. The van der Waals surface area contributed by atoms with E-state index in [0.29, 0.717) is 6.54 Å². The maximum Gasteiger partial charge on any atom is 0.227 e. The highest BCUT2D eigenvalue weighted by atomic mass is 35.5. The van der Waals surface area contributed by atoms with Crippen LogP contribution in [0.25, 0.3) is 0 Å². The average Bonchev–Trinajstić information content (AvgIpc) is 3.14. The van der Waals surface area contributed by atoms with Crippen LogP contribution in [0.3, 0.4) is 0 Å². The Hall–Kier alpha value is -2.37. The molecular weight excluding hydrogens is 386 g/mol. The number of carbonyl (C=O) groups is 2. The molecule has 152 valence electrons. The molecule has 4 rings (SSSR count). The molecule has 0 radical (unpaired) electrons. The molecule has 5 nitrogen and oxygen atoms in total. The molecule has 0 spiro atoms. The molecule has 2 saturated heterocycles. The number of amides is 2. The molecule has 1 N–H and O–H groups in total. The SMILES string of the molecule is O=C(NC1CCN(Cc2ccc(Cl)cc2)CC1)C1CC(=O)N(c2ccccc2)C1. The van der Waals surface area contributed by atoms with Gasteiger partial charge in [-0.3, -0.25) is 14.5 Å². The number of anilines is 1. The van der Waals surface area contributed by atoms with Gasteiger partial charge in [0.05, 0.1) is 5.92 Å². The van der Waals surface area contributed by atoms with Crippen LogP contribution in [0.5, 0.6) is 0 Å². The van der Waals surface area contributed by atoms with E-state index in [9.17, 15) is 9.59 Å². The van der Waals surface area contributed by atoms with E-state index in [1.807, 2.05) is 42.5 Å². The minimum Gasteiger partial charge on any atom is -0.353 e. The van der Waals surface area contributed by atoms with Crippen molar-refractivity contribution >= 4 is 29.1 Å². The van der Waals surface area contributed by atoms with Gasteiger partial charge >= 0.3 is 0 Å². The second kappa shape index (κ2) is 8.97. The summed E-state index contributed by atoms with van der Waals surface area (Å²) in [5.41, 5.74) is 2.12. The third-order valence-electron chi connectivity index (χ3n) is 5.82. The summed E-state index contributed by atoms with van der Waals surface area (Å²) in [4.78, 5) is 29.2. The van der Waals surface area contributed by atoms with Crippen molar-refractivity contribution < 1.29 is 9.59 Å². The smallest absolute Gasteiger partial charge is 0.227 e. The van der Waals surface area contributed by atoms with Gasteiger partial charge in [-0.2, -0.15) is 0 Å². The van der Waals surface area contributed by atoms with E-state index in [1.54, 1.807) is 4.90 Å². The highest BCUT2D eigenvalue weighted by Gasteiger charge is 2.36. The number of hydrogen-bond donors (Lipinski definition) is 1. The number of nitrogens with one attached hydrogen (secondary N) is 1. The van der Waals surface area contributed by atoms with Crippen molar-refractivity contribution in [3.63, 3.8) is 0 Å². The molecule has 2 fully saturated rings. The molecule has 2 aromatic rings. The van der Waals surface area contributed by atoms with Crippen molar-refractivity contribution in [3.8, 4) is 0 Å². The quantitative estimate of drug-likeness (QED) is 0.819. The molecule has 1 unspecified atom stereocenters. The number of piperidine rings is 1. The Bertz CT molecular complexity index is 848. The Labute approximate surface area is 176 Å². The molecule has 2 aromatic carbocycles. The van der Waals surface area contributed by atoms with Gasteiger partial charge in [-0.15, -0.1) is 0 Å². The lowest BCUT2D eigenvalue weighted by Gasteiger charge is -2.32. The Kier molecular flexibility index (Phi) is 6.16. The average molecular weight is 412 g/mol. The first-order valence-electron chi connectivity index (χ1n) is 10.2. The predicted molar refractivity (Wildman–Crippen MR) is 115 cm³/mol. The van der Waals surface area contributed by atoms with E-state index >= 15 is 0 Å². The van der Waals surface area contributed by atoms with Crippen LogP contribution in [0, 0.1) is 5.92 Å². The fourth-order valence-electron chi connectivity index (χ4n) is 4.14. The number of carbonyl (C=O) groups excluding carboxylic acids is 2. The zero-order valence-electron chi connectivity index (χ0n) is 16.4. The largest absolute Gasteiger partial charge is 0.353 e. The second-order valence-corrected chi connectivity index (χ2v) is 8.36. The number of nitrogens with zero attached hydrogens (tertiary/aromatic N) is 2. The van der Waals surface area contributed by atoms with Crippen molar-refractivity contribution in [2.24, 2.45) is 5.92 Å². The van der Waals surface area contributed by atoms with Crippen molar-refractivity contribution in [1.82, 2.24) is 10.2 Å². The summed E-state index contributed by atoms with van der Waals surface area (Å²) >= 11 is 5.95. The van der Waals surface area contributed by atoms with Gasteiger partial charge in [0, 0.05) is 49.4 Å². The van der Waals surface area contributed by atoms with E-state index in [1.165, 1.54) is 5.56 Å². The maximum atomic E-state index is 12.7. The molecule has 2 heterocycles. The van der Waals surface area contributed by atoms with Gasteiger partial charge in [0.25, 0.3) is 0 Å². The lowest BCUT2D eigenvalue weighted by molar-refractivity contribution is -0.127. The number of rotatable bonds is 5. The van der Waals surface area contributed by atoms with Crippen molar-refractivity contribution in [1.29, 1.82) is 0 Å². The van der Waals surface area contributed by atoms with Crippen LogP contribution in [0.1, 0.15) is 24.8 Å². The van der Waals surface area contributed by atoms with Crippen molar-refractivity contribution in [2.45, 2.75) is 31.8 Å². The monoisotopic (exact) mass is 411 g/mol. The van der Waals surface area contributed by atoms with E-state index in [4.69, 9.17) is 11.6 Å². The minimum absolute atomic E-state index is 0.00734. The molecule has 2 aliphatic rings. The Morgan fingerprint density at radius 3 is 2.41 bits per heavy atom. The number of halogens is 1. The third kappa shape index (κ3) is 4.98. The molecule has 0 aliphatic carbocycles. The van der Waals surface area contributed by atoms with Gasteiger partial charge < -0.3 is 10.2 Å². The molecule has 0 aromatic heterocycles. The van der Waals surface area contributed by atoms with Gasteiger partial charge in [-0.05, 0) is 42.7 Å². The molecule has 2 amide bonds. The summed E-state index contributed by atoms with van der Waals surface area (Å²) in [6.07, 6.45) is 2.15. The van der Waals surface area contributed by atoms with Gasteiger partial charge in [0.15, 0.2) is 0 Å². The van der Waals surface area contributed by atoms with E-state index in [0.717, 1.165) is 43.2 Å². The van der Waals surface area contributed by atoms with Gasteiger partial charge in [0.1, 0.15) is 0 Å². The van der Waals surface area contributed by atoms with Crippen LogP contribution in [-0.4, -0.2) is 42.4 Å². The first-order valence-corrected chi connectivity index (χ1v) is 10.6. The Morgan fingerprint density at radius 2 is 1.72 bits per heavy atom. The Balaban J connectivity index is 1.25. The van der Waals surface area contributed by atoms with Crippen molar-refractivity contribution in [3.05, 3.63) is 65.2 Å². The minimum atomic E-state index is -0.269. The summed E-state index contributed by atoms with van der Waals surface area (Å²) in [5.74, 6) is -0.239. The maximum absolute atomic E-state index is 12.7. The number of hydrogen-bond acceptors (Lipinski definition) is 3. The number of likely N-dealkylation sites (tertiary alicyclic amines) is 1. The molecule has 1 atom stereocenters. The molecular formula is C23H26ClN3O2. The summed E-state index contributed by atoms with van der Waals surface area (Å²) in [5, 5.41) is 3.94. The topological polar surface area (TPSA) is 52.7 Å². The summed E-state index contributed by atoms with van der Waals surface area (Å²) in [6, 6.07) is 17.7. The van der Waals surface area contributed by atoms with E-state index < -0.39 is 0 Å². The molecule has 29 heavy (non-hydrogen) atoms. The molecule has 2 aliphatic heterocycles. The van der Waals surface area contributed by atoms with Gasteiger partial charge in [0.2, 0.25) is 11.8 Å². The van der Waals surface area contributed by atoms with Crippen LogP contribution >= 0.6 is 11.6 Å². The zero-order valence-corrected chi connectivity index (χ0v) is 17.1. The lowest BCUT2D eigenvalue weighted by Crippen LogP contribution is -2.46. The van der Waals surface area contributed by atoms with Gasteiger partial charge in [-0.1, -0.05) is 41.9 Å². The van der Waals surface area contributed by atoms with Crippen molar-refractivity contribution in [2.75, 3.05) is 24.5 Å². The fraction of sp³-hybridized carbons (Fsp3) is 0.391. The van der Waals surface area contributed by atoms with E-state index in [-0.39, 0.29) is 30.2 Å². The first-order chi connectivity index (χ1) is 14.1. The summed E-state index contributed by atoms with van der Waals surface area (Å²) in [6.45, 7) is 3.27. The first kappa shape index (κ1) is 19.9. The van der Waals surface area contributed by atoms with Crippen LogP contribution in [-0.2, 0) is 16.1 Å². The standard InChI is InChI=1S/C23H26ClN3O2/c24-19-8-6-17(7-9-19)15-26-12-10-20(11-13-26)25-23(29)18-14-22(28)27(16-18)21-4-2-1-3-5-21/h1-9,18,20H,10-16H2,(H,25,29). The molecule has 0 saturated carbocycles. The fourth-order valence-corrected chi connectivity index (χ4v) is 4.27. The van der Waals surface area contributed by atoms with Crippen LogP contribution < -0.4 is 10.2 Å². The van der Waals surface area contributed by atoms with Crippen LogP contribution in [0.2, 0.25) is 5.02 Å². The molecule has 6 heteroatoms. The number of benzene rings is 2. The van der Waals surface area contributed by atoms with Gasteiger partial charge in [-0.25, -0.2) is 0 Å². The molecule has 0 bridgehead atoms. The van der Waals surface area contributed by atoms with Crippen LogP contribution in [0.15, 0.2) is 54.6 Å². The summed E-state index contributed by atoms with van der Waals surface area (Å²) in [7, 11) is 0.